The molecule has 1 aliphatic rings. The second-order valence-electron chi connectivity index (χ2n) is 8.58. The average Bonchev–Trinajstić information content (AvgIpc) is 3.61. The van der Waals surface area contributed by atoms with Gasteiger partial charge in [0.1, 0.15) is 11.5 Å². The van der Waals surface area contributed by atoms with Crippen molar-refractivity contribution in [2.45, 2.75) is 44.4 Å². The summed E-state index contributed by atoms with van der Waals surface area (Å²) in [7, 11) is 0. The lowest BCUT2D eigenvalue weighted by molar-refractivity contribution is -0.118. The molecule has 34 heavy (non-hydrogen) atoms. The van der Waals surface area contributed by atoms with Crippen LogP contribution in [0.3, 0.4) is 0 Å². The fraction of sp³-hybridized carbons (Fsp3) is 0.269. The van der Waals surface area contributed by atoms with Crippen molar-refractivity contribution in [3.63, 3.8) is 0 Å². The van der Waals surface area contributed by atoms with Gasteiger partial charge in [0.2, 0.25) is 5.91 Å². The molecule has 1 saturated carbocycles. The molecule has 176 valence electrons. The van der Waals surface area contributed by atoms with Crippen LogP contribution in [0.5, 0.6) is 0 Å². The van der Waals surface area contributed by atoms with E-state index in [0.29, 0.717) is 24.0 Å². The van der Waals surface area contributed by atoms with Crippen LogP contribution in [0, 0.1) is 12.7 Å². The molecule has 0 bridgehead atoms. The largest absolute Gasteiger partial charge is 0.478 e. The number of aromatic carboxylic acids is 1. The molecule has 8 heteroatoms. The molecular weight excluding hydrogens is 445 g/mol. The number of carbonyl (C=O) groups excluding carboxylic acids is 1. The summed E-state index contributed by atoms with van der Waals surface area (Å²) in [5.74, 6) is -5.18. The molecule has 0 atom stereocenters. The highest BCUT2D eigenvalue weighted by atomic mass is 19.3. The topological polar surface area (TPSA) is 79.3 Å². The van der Waals surface area contributed by atoms with Crippen molar-refractivity contribution >= 4 is 17.6 Å². The van der Waals surface area contributed by atoms with Crippen LogP contribution < -0.4 is 5.32 Å². The molecule has 0 unspecified atom stereocenters. The second kappa shape index (κ2) is 8.59. The zero-order chi connectivity index (χ0) is 24.7. The zero-order valence-electron chi connectivity index (χ0n) is 18.7. The minimum atomic E-state index is -3.07. The normalized spacial score (nSPS) is 14.5. The molecule has 2 aromatic carbocycles. The van der Waals surface area contributed by atoms with E-state index >= 15 is 0 Å². The highest BCUT2D eigenvalue weighted by Gasteiger charge is 2.52. The SMILES string of the molecule is CCC(F)(F)c1ccc(-c2ccc(NC(=O)C3(c4ccc(C)cc4F)CC3)cc2C(=O)O)cn1. The maximum atomic E-state index is 14.5. The van der Waals surface area contributed by atoms with E-state index < -0.39 is 41.1 Å². The number of nitrogens with zero attached hydrogens (tertiary/aromatic N) is 1. The minimum Gasteiger partial charge on any atom is -0.478 e. The van der Waals surface area contributed by atoms with E-state index in [-0.39, 0.29) is 16.8 Å². The first-order valence-electron chi connectivity index (χ1n) is 10.9. The van der Waals surface area contributed by atoms with Crippen LogP contribution in [0.15, 0.2) is 54.7 Å². The smallest absolute Gasteiger partial charge is 0.336 e. The molecule has 4 rings (SSSR count). The summed E-state index contributed by atoms with van der Waals surface area (Å²) >= 11 is 0. The van der Waals surface area contributed by atoms with Crippen LogP contribution in [0.2, 0.25) is 0 Å². The lowest BCUT2D eigenvalue weighted by atomic mass is 9.93. The summed E-state index contributed by atoms with van der Waals surface area (Å²) in [6, 6.07) is 11.6. The Kier molecular flexibility index (Phi) is 5.93. The van der Waals surface area contributed by atoms with Crippen LogP contribution in [0.4, 0.5) is 18.9 Å². The number of halogens is 3. The second-order valence-corrected chi connectivity index (χ2v) is 8.58. The molecule has 1 amide bonds. The summed E-state index contributed by atoms with van der Waals surface area (Å²) in [4.78, 5) is 28.7. The molecule has 3 aromatic rings. The maximum Gasteiger partial charge on any atom is 0.336 e. The molecule has 0 radical (unpaired) electrons. The lowest BCUT2D eigenvalue weighted by Gasteiger charge is -2.18. The third-order valence-electron chi connectivity index (χ3n) is 6.23. The molecule has 0 saturated heterocycles. The molecule has 5 nitrogen and oxygen atoms in total. The van der Waals surface area contributed by atoms with Crippen molar-refractivity contribution in [3.05, 3.63) is 82.9 Å². The number of pyridine rings is 1. The molecule has 0 spiro atoms. The number of aromatic nitrogens is 1. The highest BCUT2D eigenvalue weighted by molar-refractivity contribution is 6.03. The first-order valence-corrected chi connectivity index (χ1v) is 10.9. The van der Waals surface area contributed by atoms with E-state index in [1.165, 1.54) is 49.5 Å². The van der Waals surface area contributed by atoms with E-state index in [9.17, 15) is 27.9 Å². The monoisotopic (exact) mass is 468 g/mol. The minimum absolute atomic E-state index is 0.124. The Labute approximate surface area is 194 Å². The average molecular weight is 468 g/mol. The summed E-state index contributed by atoms with van der Waals surface area (Å²) in [6.07, 6.45) is 1.78. The molecule has 1 heterocycles. The number of aryl methyl sites for hydroxylation is 1. The number of nitrogens with one attached hydrogen (secondary N) is 1. The first-order chi connectivity index (χ1) is 16.1. The standard InChI is InChI=1S/C26H23F3N2O3/c1-3-26(28,29)22-9-5-16(14-30-22)18-7-6-17(13-19(18)23(32)33)31-24(34)25(10-11-25)20-8-4-15(2)12-21(20)27/h4-9,12-14H,3,10-11H2,1-2H3,(H,31,34)(H,32,33). The molecule has 2 N–H and O–H groups in total. The van der Waals surface area contributed by atoms with Crippen LogP contribution >= 0.6 is 0 Å². The van der Waals surface area contributed by atoms with Crippen molar-refractivity contribution in [1.29, 1.82) is 0 Å². The Morgan fingerprint density at radius 1 is 1.12 bits per heavy atom. The van der Waals surface area contributed by atoms with E-state index in [1.807, 2.05) is 0 Å². The number of hydrogen-bond acceptors (Lipinski definition) is 3. The molecule has 1 fully saturated rings. The molecular formula is C26H23F3N2O3. The number of carboxylic acids is 1. The van der Waals surface area contributed by atoms with Crippen molar-refractivity contribution in [2.24, 2.45) is 0 Å². The number of rotatable bonds is 7. The number of carboxylic acid groups (broad SMARTS) is 1. The van der Waals surface area contributed by atoms with Crippen molar-refractivity contribution in [3.8, 4) is 11.1 Å². The maximum absolute atomic E-state index is 14.5. The summed E-state index contributed by atoms with van der Waals surface area (Å²) < 4.78 is 42.2. The number of alkyl halides is 2. The molecule has 1 aliphatic carbocycles. The van der Waals surface area contributed by atoms with Gasteiger partial charge in [-0.3, -0.25) is 9.78 Å². The van der Waals surface area contributed by atoms with Crippen LogP contribution in [-0.4, -0.2) is 22.0 Å². The van der Waals surface area contributed by atoms with Crippen LogP contribution in [0.25, 0.3) is 11.1 Å². The Morgan fingerprint density at radius 2 is 1.85 bits per heavy atom. The van der Waals surface area contributed by atoms with E-state index in [2.05, 4.69) is 10.3 Å². The summed E-state index contributed by atoms with van der Waals surface area (Å²) in [5.41, 5.74) is 0.442. The Hall–Kier alpha value is -3.68. The zero-order valence-corrected chi connectivity index (χ0v) is 18.7. The predicted molar refractivity (Wildman–Crippen MR) is 121 cm³/mol. The highest BCUT2D eigenvalue weighted by Crippen LogP contribution is 2.50. The van der Waals surface area contributed by atoms with Crippen molar-refractivity contribution in [1.82, 2.24) is 4.98 Å². The Balaban J connectivity index is 1.61. The van der Waals surface area contributed by atoms with Gasteiger partial charge in [0, 0.05) is 29.4 Å². The Morgan fingerprint density at radius 3 is 2.41 bits per heavy atom. The van der Waals surface area contributed by atoms with Gasteiger partial charge in [-0.2, -0.15) is 8.78 Å². The number of amides is 1. The fourth-order valence-electron chi connectivity index (χ4n) is 4.00. The van der Waals surface area contributed by atoms with Gasteiger partial charge in [-0.15, -0.1) is 0 Å². The number of anilines is 1. The molecule has 1 aromatic heterocycles. The Bertz CT molecular complexity index is 1270. The quantitative estimate of drug-likeness (QED) is 0.441. The van der Waals surface area contributed by atoms with Crippen LogP contribution in [0.1, 0.15) is 53.4 Å². The van der Waals surface area contributed by atoms with Crippen LogP contribution in [-0.2, 0) is 16.1 Å². The number of benzene rings is 2. The van der Waals surface area contributed by atoms with Gasteiger partial charge in [-0.1, -0.05) is 31.2 Å². The first kappa shape index (κ1) is 23.5. The predicted octanol–water partition coefficient (Wildman–Crippen LogP) is 6.07. The third-order valence-corrected chi connectivity index (χ3v) is 6.23. The van der Waals surface area contributed by atoms with E-state index in [0.717, 1.165) is 5.56 Å². The number of hydrogen-bond donors (Lipinski definition) is 2. The van der Waals surface area contributed by atoms with Crippen molar-refractivity contribution in [2.75, 3.05) is 5.32 Å². The number of carbonyl (C=O) groups is 2. The fourth-order valence-corrected chi connectivity index (χ4v) is 4.00. The van der Waals surface area contributed by atoms with Gasteiger partial charge in [0.25, 0.3) is 5.92 Å². The summed E-state index contributed by atoms with van der Waals surface area (Å²) in [6.45, 7) is 3.12. The van der Waals surface area contributed by atoms with Gasteiger partial charge >= 0.3 is 5.97 Å². The van der Waals surface area contributed by atoms with Crippen molar-refractivity contribution < 1.29 is 27.9 Å². The van der Waals surface area contributed by atoms with Gasteiger partial charge in [-0.05, 0) is 55.2 Å². The van der Waals surface area contributed by atoms with Gasteiger partial charge in [0.15, 0.2) is 0 Å². The lowest BCUT2D eigenvalue weighted by Crippen LogP contribution is -2.28. The molecule has 0 aliphatic heterocycles. The van der Waals surface area contributed by atoms with Gasteiger partial charge in [0.05, 0.1) is 11.0 Å². The van der Waals surface area contributed by atoms with Gasteiger partial charge < -0.3 is 10.4 Å². The van der Waals surface area contributed by atoms with E-state index in [1.54, 1.807) is 19.1 Å². The van der Waals surface area contributed by atoms with Gasteiger partial charge in [-0.25, -0.2) is 9.18 Å². The van der Waals surface area contributed by atoms with E-state index in [4.69, 9.17) is 0 Å². The third kappa shape index (κ3) is 4.27. The summed E-state index contributed by atoms with van der Waals surface area (Å²) in [5, 5.41) is 12.4.